The summed E-state index contributed by atoms with van der Waals surface area (Å²) in [6.45, 7) is 2.38. The monoisotopic (exact) mass is 259 g/mol. The van der Waals surface area contributed by atoms with Crippen molar-refractivity contribution < 1.29 is 8.42 Å². The maximum Gasteiger partial charge on any atom is 0.209 e. The smallest absolute Gasteiger partial charge is 0.209 e. The van der Waals surface area contributed by atoms with Crippen molar-refractivity contribution in [1.82, 2.24) is 9.97 Å². The normalized spacial score (nSPS) is 11.2. The van der Waals surface area contributed by atoms with E-state index < -0.39 is 10.0 Å². The fourth-order valence-electron chi connectivity index (χ4n) is 1.36. The number of primary sulfonamides is 1. The lowest BCUT2D eigenvalue weighted by Crippen LogP contribution is -2.19. The van der Waals surface area contributed by atoms with E-state index in [9.17, 15) is 8.42 Å². The van der Waals surface area contributed by atoms with Crippen LogP contribution in [0.2, 0.25) is 0 Å². The lowest BCUT2D eigenvalue weighted by atomic mass is 10.3. The molecule has 0 aliphatic carbocycles. The van der Waals surface area contributed by atoms with Gasteiger partial charge in [-0.05, 0) is 13.3 Å². The number of nitrogens with zero attached hydrogens (tertiary/aromatic N) is 2. The van der Waals surface area contributed by atoms with Crippen LogP contribution >= 0.6 is 0 Å². The Bertz CT molecular complexity index is 474. The molecule has 0 saturated carbocycles. The van der Waals surface area contributed by atoms with E-state index in [1.165, 1.54) is 6.33 Å². The van der Waals surface area contributed by atoms with E-state index in [1.54, 1.807) is 7.05 Å². The van der Waals surface area contributed by atoms with Crippen LogP contribution in [-0.2, 0) is 10.0 Å². The second-order valence-electron chi connectivity index (χ2n) is 3.59. The quantitative estimate of drug-likeness (QED) is 0.616. The zero-order valence-corrected chi connectivity index (χ0v) is 10.7. The highest BCUT2D eigenvalue weighted by Crippen LogP contribution is 2.17. The van der Waals surface area contributed by atoms with Crippen LogP contribution in [0, 0.1) is 6.92 Å². The molecule has 0 radical (unpaired) electrons. The van der Waals surface area contributed by atoms with Crippen LogP contribution in [0.15, 0.2) is 6.33 Å². The molecule has 1 aromatic heterocycles. The molecule has 1 rings (SSSR count). The second kappa shape index (κ2) is 5.78. The number of anilines is 2. The van der Waals surface area contributed by atoms with Gasteiger partial charge < -0.3 is 10.6 Å². The maximum absolute atomic E-state index is 10.7. The van der Waals surface area contributed by atoms with E-state index >= 15 is 0 Å². The average Bonchev–Trinajstić information content (AvgIpc) is 2.25. The molecule has 96 valence electrons. The molecular formula is C9H17N5O2S. The van der Waals surface area contributed by atoms with Gasteiger partial charge in [-0.15, -0.1) is 0 Å². The number of sulfonamides is 1. The largest absolute Gasteiger partial charge is 0.373 e. The molecule has 0 spiro atoms. The van der Waals surface area contributed by atoms with E-state index in [-0.39, 0.29) is 5.75 Å². The molecule has 0 aliphatic rings. The van der Waals surface area contributed by atoms with Gasteiger partial charge >= 0.3 is 0 Å². The molecule has 8 heteroatoms. The fraction of sp³-hybridized carbons (Fsp3) is 0.556. The molecule has 0 fully saturated rings. The van der Waals surface area contributed by atoms with E-state index in [0.29, 0.717) is 18.8 Å². The highest BCUT2D eigenvalue weighted by molar-refractivity contribution is 7.89. The lowest BCUT2D eigenvalue weighted by Gasteiger charge is -2.10. The molecule has 0 unspecified atom stereocenters. The van der Waals surface area contributed by atoms with Gasteiger partial charge in [0.25, 0.3) is 0 Å². The third-order valence-electron chi connectivity index (χ3n) is 2.22. The first-order valence-corrected chi connectivity index (χ1v) is 6.89. The van der Waals surface area contributed by atoms with E-state index in [2.05, 4.69) is 20.6 Å². The van der Waals surface area contributed by atoms with Crippen molar-refractivity contribution in [3.63, 3.8) is 0 Å². The van der Waals surface area contributed by atoms with Gasteiger partial charge in [-0.3, -0.25) is 0 Å². The van der Waals surface area contributed by atoms with Crippen LogP contribution in [0.1, 0.15) is 12.0 Å². The number of nitrogens with two attached hydrogens (primary N) is 1. The molecule has 17 heavy (non-hydrogen) atoms. The molecule has 0 bridgehead atoms. The van der Waals surface area contributed by atoms with E-state index in [1.807, 2.05) is 6.92 Å². The summed E-state index contributed by atoms with van der Waals surface area (Å²) < 4.78 is 21.4. The zero-order valence-electron chi connectivity index (χ0n) is 9.90. The molecule has 0 aromatic carbocycles. The Morgan fingerprint density at radius 2 is 2.00 bits per heavy atom. The summed E-state index contributed by atoms with van der Waals surface area (Å²) in [7, 11) is -1.61. The van der Waals surface area contributed by atoms with Crippen LogP contribution < -0.4 is 15.8 Å². The Labute approximate surface area is 101 Å². The molecule has 7 nitrogen and oxygen atoms in total. The molecule has 0 atom stereocenters. The van der Waals surface area contributed by atoms with Crippen molar-refractivity contribution in [1.29, 1.82) is 0 Å². The van der Waals surface area contributed by atoms with Crippen molar-refractivity contribution in [2.75, 3.05) is 30.0 Å². The highest BCUT2D eigenvalue weighted by Gasteiger charge is 2.06. The zero-order chi connectivity index (χ0) is 12.9. The number of rotatable bonds is 6. The minimum Gasteiger partial charge on any atom is -0.373 e. The van der Waals surface area contributed by atoms with Gasteiger partial charge in [-0.1, -0.05) is 0 Å². The van der Waals surface area contributed by atoms with Crippen molar-refractivity contribution in [3.8, 4) is 0 Å². The van der Waals surface area contributed by atoms with Crippen molar-refractivity contribution >= 4 is 21.7 Å². The van der Waals surface area contributed by atoms with Crippen LogP contribution in [0.4, 0.5) is 11.6 Å². The predicted molar refractivity (Wildman–Crippen MR) is 67.4 cm³/mol. The molecule has 0 aliphatic heterocycles. The number of aromatic nitrogens is 2. The Morgan fingerprint density at radius 3 is 2.59 bits per heavy atom. The van der Waals surface area contributed by atoms with Gasteiger partial charge in [0.2, 0.25) is 10.0 Å². The summed E-state index contributed by atoms with van der Waals surface area (Å²) in [6.07, 6.45) is 1.89. The summed E-state index contributed by atoms with van der Waals surface area (Å²) >= 11 is 0. The Hall–Kier alpha value is -1.41. The summed E-state index contributed by atoms with van der Waals surface area (Å²) in [4.78, 5) is 8.12. The molecule has 0 amide bonds. The number of hydrogen-bond acceptors (Lipinski definition) is 6. The van der Waals surface area contributed by atoms with Gasteiger partial charge in [0.05, 0.1) is 5.75 Å². The van der Waals surface area contributed by atoms with Crippen LogP contribution in [0.5, 0.6) is 0 Å². The summed E-state index contributed by atoms with van der Waals surface area (Å²) in [5.41, 5.74) is 0.894. The lowest BCUT2D eigenvalue weighted by molar-refractivity contribution is 0.595. The summed E-state index contributed by atoms with van der Waals surface area (Å²) in [5, 5.41) is 10.9. The summed E-state index contributed by atoms with van der Waals surface area (Å²) in [5.74, 6) is 1.40. The summed E-state index contributed by atoms with van der Waals surface area (Å²) in [6, 6.07) is 0. The third kappa shape index (κ3) is 4.53. The molecule has 1 aromatic rings. The molecular weight excluding hydrogens is 242 g/mol. The van der Waals surface area contributed by atoms with Crippen LogP contribution in [-0.4, -0.2) is 37.7 Å². The van der Waals surface area contributed by atoms with Gasteiger partial charge in [0, 0.05) is 19.2 Å². The van der Waals surface area contributed by atoms with Crippen molar-refractivity contribution in [2.24, 2.45) is 5.14 Å². The van der Waals surface area contributed by atoms with Crippen molar-refractivity contribution in [3.05, 3.63) is 11.9 Å². The minimum absolute atomic E-state index is 0.0387. The number of hydrogen-bond donors (Lipinski definition) is 3. The Morgan fingerprint density at radius 1 is 1.35 bits per heavy atom. The van der Waals surface area contributed by atoms with Crippen LogP contribution in [0.3, 0.4) is 0 Å². The topological polar surface area (TPSA) is 110 Å². The first kappa shape index (κ1) is 13.7. The van der Waals surface area contributed by atoms with Crippen molar-refractivity contribution in [2.45, 2.75) is 13.3 Å². The maximum atomic E-state index is 10.7. The molecule has 1 heterocycles. The molecule has 4 N–H and O–H groups in total. The van der Waals surface area contributed by atoms with Gasteiger partial charge in [0.15, 0.2) is 0 Å². The molecule has 0 saturated heterocycles. The van der Waals surface area contributed by atoms with Gasteiger partial charge in [0.1, 0.15) is 18.0 Å². The van der Waals surface area contributed by atoms with Gasteiger partial charge in [-0.25, -0.2) is 23.5 Å². The van der Waals surface area contributed by atoms with E-state index in [0.717, 1.165) is 11.4 Å². The standard InChI is InChI=1S/C9H17N5O2S/c1-7-8(11-2)13-6-14-9(7)12-4-3-5-17(10,15)16/h6H,3-5H2,1-2H3,(H2,10,15,16)(H2,11,12,13,14). The second-order valence-corrected chi connectivity index (χ2v) is 5.33. The Kier molecular flexibility index (Phi) is 4.64. The van der Waals surface area contributed by atoms with Gasteiger partial charge in [-0.2, -0.15) is 0 Å². The number of nitrogens with one attached hydrogen (secondary N) is 2. The SMILES string of the molecule is CNc1ncnc(NCCCS(N)(=O)=O)c1C. The fourth-order valence-corrected chi connectivity index (χ4v) is 1.91. The predicted octanol–water partition coefficient (Wildman–Crippen LogP) is -0.0828. The minimum atomic E-state index is -3.39. The van der Waals surface area contributed by atoms with Crippen LogP contribution in [0.25, 0.3) is 0 Å². The Balaban J connectivity index is 2.52. The average molecular weight is 259 g/mol. The third-order valence-corrected chi connectivity index (χ3v) is 3.08. The first-order chi connectivity index (χ1) is 7.94. The first-order valence-electron chi connectivity index (χ1n) is 5.17. The highest BCUT2D eigenvalue weighted by atomic mass is 32.2. The van der Waals surface area contributed by atoms with E-state index in [4.69, 9.17) is 5.14 Å².